The lowest BCUT2D eigenvalue weighted by Crippen LogP contribution is -2.21. The van der Waals surface area contributed by atoms with Gasteiger partial charge in [0.25, 0.3) is 0 Å². The molecule has 92 valence electrons. The van der Waals surface area contributed by atoms with Gasteiger partial charge in [0, 0.05) is 13.1 Å². The quantitative estimate of drug-likeness (QED) is 0.780. The fourth-order valence-corrected chi connectivity index (χ4v) is 1.78. The monoisotopic (exact) mass is 230 g/mol. The molecule has 0 radical (unpaired) electrons. The first-order chi connectivity index (χ1) is 8.30. The second kappa shape index (κ2) is 7.86. The van der Waals surface area contributed by atoms with Crippen LogP contribution in [-0.2, 0) is 13.0 Å². The van der Waals surface area contributed by atoms with Gasteiger partial charge in [0.15, 0.2) is 0 Å². The van der Waals surface area contributed by atoms with Crippen molar-refractivity contribution in [2.75, 3.05) is 6.54 Å². The second-order valence-corrected chi connectivity index (χ2v) is 4.43. The van der Waals surface area contributed by atoms with Gasteiger partial charge in [-0.1, -0.05) is 44.5 Å². The Morgan fingerprint density at radius 1 is 1.18 bits per heavy atom. The summed E-state index contributed by atoms with van der Waals surface area (Å²) in [5.74, 6) is 0.134. The molecule has 0 spiro atoms. The predicted octanol–water partition coefficient (Wildman–Crippen LogP) is 3.28. The average molecular weight is 230 g/mol. The average Bonchev–Trinajstić information content (AvgIpc) is 2.37. The molecule has 0 saturated carbocycles. The fourth-order valence-electron chi connectivity index (χ4n) is 1.78. The molecule has 0 aliphatic rings. The van der Waals surface area contributed by atoms with Crippen molar-refractivity contribution in [3.63, 3.8) is 0 Å². The largest absolute Gasteiger partial charge is 0.311 e. The highest BCUT2D eigenvalue weighted by molar-refractivity contribution is 5.22. The van der Waals surface area contributed by atoms with Crippen LogP contribution in [0.3, 0.4) is 0 Å². The molecule has 0 saturated heterocycles. The Bertz CT molecular complexity index is 348. The minimum atomic E-state index is 0.134. The van der Waals surface area contributed by atoms with Crippen molar-refractivity contribution in [2.24, 2.45) is 5.92 Å². The minimum Gasteiger partial charge on any atom is -0.311 e. The Labute approximate surface area is 105 Å². The molecule has 2 heteroatoms. The topological polar surface area (TPSA) is 35.8 Å². The normalized spacial score (nSPS) is 12.1. The van der Waals surface area contributed by atoms with Crippen LogP contribution in [0.1, 0.15) is 37.8 Å². The van der Waals surface area contributed by atoms with Crippen LogP contribution in [0.2, 0.25) is 0 Å². The van der Waals surface area contributed by atoms with E-state index in [1.165, 1.54) is 17.5 Å². The van der Waals surface area contributed by atoms with Gasteiger partial charge in [0.05, 0.1) is 12.0 Å². The number of hydrogen-bond donors (Lipinski definition) is 1. The van der Waals surface area contributed by atoms with Crippen molar-refractivity contribution >= 4 is 0 Å². The standard InChI is InChI=1S/C15H22N2/c1-3-5-14-6-8-15(9-7-14)12-17-11-13(4-2)10-16/h6-9,13,17H,3-5,11-12H2,1-2H3. The molecule has 0 aliphatic carbocycles. The van der Waals surface area contributed by atoms with Crippen molar-refractivity contribution in [3.8, 4) is 6.07 Å². The number of nitrogens with zero attached hydrogens (tertiary/aromatic N) is 1. The fraction of sp³-hybridized carbons (Fsp3) is 0.533. The molecule has 1 N–H and O–H groups in total. The van der Waals surface area contributed by atoms with E-state index >= 15 is 0 Å². The van der Waals surface area contributed by atoms with E-state index in [2.05, 4.69) is 49.5 Å². The van der Waals surface area contributed by atoms with Crippen LogP contribution < -0.4 is 5.32 Å². The highest BCUT2D eigenvalue weighted by Gasteiger charge is 2.02. The third-order valence-electron chi connectivity index (χ3n) is 2.96. The van der Waals surface area contributed by atoms with Gasteiger partial charge in [-0.15, -0.1) is 0 Å². The van der Waals surface area contributed by atoms with Gasteiger partial charge < -0.3 is 5.32 Å². The molecular formula is C15H22N2. The Hall–Kier alpha value is -1.33. The van der Waals surface area contributed by atoms with Crippen LogP contribution in [0.25, 0.3) is 0 Å². The first-order valence-corrected chi connectivity index (χ1v) is 6.48. The number of nitrogens with one attached hydrogen (secondary N) is 1. The molecule has 1 unspecified atom stereocenters. The highest BCUT2D eigenvalue weighted by Crippen LogP contribution is 2.07. The van der Waals surface area contributed by atoms with Crippen molar-refractivity contribution in [1.82, 2.24) is 5.32 Å². The van der Waals surface area contributed by atoms with E-state index in [0.717, 1.165) is 25.9 Å². The van der Waals surface area contributed by atoms with Crippen LogP contribution in [0.5, 0.6) is 0 Å². The zero-order chi connectivity index (χ0) is 12.5. The van der Waals surface area contributed by atoms with E-state index < -0.39 is 0 Å². The van der Waals surface area contributed by atoms with E-state index in [1.54, 1.807) is 0 Å². The van der Waals surface area contributed by atoms with Crippen LogP contribution in [0, 0.1) is 17.2 Å². The summed E-state index contributed by atoms with van der Waals surface area (Å²) in [4.78, 5) is 0. The molecule has 1 rings (SSSR count). The molecule has 2 nitrogen and oxygen atoms in total. The van der Waals surface area contributed by atoms with E-state index in [1.807, 2.05) is 0 Å². The molecule has 1 aromatic carbocycles. The van der Waals surface area contributed by atoms with Crippen LogP contribution in [-0.4, -0.2) is 6.54 Å². The van der Waals surface area contributed by atoms with Crippen molar-refractivity contribution in [1.29, 1.82) is 5.26 Å². The van der Waals surface area contributed by atoms with Crippen molar-refractivity contribution < 1.29 is 0 Å². The van der Waals surface area contributed by atoms with E-state index in [-0.39, 0.29) is 5.92 Å². The Balaban J connectivity index is 2.34. The summed E-state index contributed by atoms with van der Waals surface area (Å²) in [5, 5.41) is 12.2. The van der Waals surface area contributed by atoms with E-state index in [4.69, 9.17) is 5.26 Å². The number of nitriles is 1. The van der Waals surface area contributed by atoms with E-state index in [9.17, 15) is 0 Å². The highest BCUT2D eigenvalue weighted by atomic mass is 14.9. The first kappa shape index (κ1) is 13.7. The van der Waals surface area contributed by atoms with Crippen molar-refractivity contribution in [3.05, 3.63) is 35.4 Å². The maximum absolute atomic E-state index is 8.83. The molecule has 1 atom stereocenters. The van der Waals surface area contributed by atoms with Crippen LogP contribution >= 0.6 is 0 Å². The number of aryl methyl sites for hydroxylation is 1. The van der Waals surface area contributed by atoms with Gasteiger partial charge in [-0.2, -0.15) is 5.26 Å². The number of benzene rings is 1. The number of hydrogen-bond acceptors (Lipinski definition) is 2. The SMILES string of the molecule is CCCc1ccc(CNCC(C#N)CC)cc1. The van der Waals surface area contributed by atoms with Crippen LogP contribution in [0.4, 0.5) is 0 Å². The van der Waals surface area contributed by atoms with Gasteiger partial charge >= 0.3 is 0 Å². The molecule has 0 aromatic heterocycles. The molecule has 0 aliphatic heterocycles. The summed E-state index contributed by atoms with van der Waals surface area (Å²) < 4.78 is 0. The molecule has 0 fully saturated rings. The van der Waals surface area contributed by atoms with Gasteiger partial charge in [-0.3, -0.25) is 0 Å². The molecule has 1 aromatic rings. The summed E-state index contributed by atoms with van der Waals surface area (Å²) in [5.41, 5.74) is 2.69. The van der Waals surface area contributed by atoms with Crippen molar-refractivity contribution in [2.45, 2.75) is 39.7 Å². The summed E-state index contributed by atoms with van der Waals surface area (Å²) in [6.45, 7) is 5.88. The summed E-state index contributed by atoms with van der Waals surface area (Å²) >= 11 is 0. The van der Waals surface area contributed by atoms with Crippen LogP contribution in [0.15, 0.2) is 24.3 Å². The summed E-state index contributed by atoms with van der Waals surface area (Å²) in [6, 6.07) is 11.0. The molecular weight excluding hydrogens is 208 g/mol. The maximum atomic E-state index is 8.83. The Kier molecular flexibility index (Phi) is 6.35. The third-order valence-corrected chi connectivity index (χ3v) is 2.96. The van der Waals surface area contributed by atoms with E-state index in [0.29, 0.717) is 0 Å². The van der Waals surface area contributed by atoms with Gasteiger partial charge in [-0.25, -0.2) is 0 Å². The molecule has 0 amide bonds. The molecule has 0 heterocycles. The summed E-state index contributed by atoms with van der Waals surface area (Å²) in [6.07, 6.45) is 3.26. The zero-order valence-electron chi connectivity index (χ0n) is 10.9. The first-order valence-electron chi connectivity index (χ1n) is 6.48. The zero-order valence-corrected chi connectivity index (χ0v) is 10.9. The lowest BCUT2D eigenvalue weighted by molar-refractivity contribution is 0.553. The Morgan fingerprint density at radius 3 is 2.35 bits per heavy atom. The minimum absolute atomic E-state index is 0.134. The third kappa shape index (κ3) is 5.01. The predicted molar refractivity (Wildman–Crippen MR) is 71.5 cm³/mol. The maximum Gasteiger partial charge on any atom is 0.0669 e. The van der Waals surface area contributed by atoms with Gasteiger partial charge in [-0.05, 0) is 24.0 Å². The second-order valence-electron chi connectivity index (χ2n) is 4.43. The lowest BCUT2D eigenvalue weighted by Gasteiger charge is -2.08. The summed E-state index contributed by atoms with van der Waals surface area (Å²) in [7, 11) is 0. The Morgan fingerprint density at radius 2 is 1.82 bits per heavy atom. The number of rotatable bonds is 7. The molecule has 17 heavy (non-hydrogen) atoms. The lowest BCUT2D eigenvalue weighted by atomic mass is 10.1. The molecule has 0 bridgehead atoms. The smallest absolute Gasteiger partial charge is 0.0669 e. The van der Waals surface area contributed by atoms with Gasteiger partial charge in [0.1, 0.15) is 0 Å². The van der Waals surface area contributed by atoms with Gasteiger partial charge in [0.2, 0.25) is 0 Å².